The van der Waals surface area contributed by atoms with Crippen LogP contribution in [0.5, 0.6) is 0 Å². The molecule has 2 aromatic rings. The largest absolute Gasteiger partial charge is 0.431 e. The van der Waals surface area contributed by atoms with Gasteiger partial charge in [0.15, 0.2) is 5.82 Å². The number of hydroxylamine groups is 1. The first-order valence-corrected chi connectivity index (χ1v) is 11.0. The third kappa shape index (κ3) is 4.36. The van der Waals surface area contributed by atoms with E-state index in [4.69, 9.17) is 25.3 Å². The maximum atomic E-state index is 12.6. The second-order valence-corrected chi connectivity index (χ2v) is 8.00. The molecule has 1 amide bonds. The van der Waals surface area contributed by atoms with Crippen molar-refractivity contribution in [2.24, 2.45) is 0 Å². The molecule has 5 rings (SSSR count). The molecule has 5 heterocycles. The van der Waals surface area contributed by atoms with Crippen LogP contribution in [0.2, 0.25) is 0 Å². The Morgan fingerprint density at radius 2 is 1.91 bits per heavy atom. The predicted octanol–water partition coefficient (Wildman–Crippen LogP) is 0.108. The van der Waals surface area contributed by atoms with Gasteiger partial charge in [-0.3, -0.25) is 0 Å². The van der Waals surface area contributed by atoms with Crippen LogP contribution in [0, 0.1) is 0 Å². The van der Waals surface area contributed by atoms with Crippen LogP contribution in [0.1, 0.15) is 18.4 Å². The number of nitrogens with two attached hydrogens (primary N) is 1. The Hall–Kier alpha value is -3.25. The molecule has 3 aliphatic heterocycles. The number of fused-ring (bicyclic) bond motifs is 1. The number of hydrogen-bond acceptors (Lipinski definition) is 11. The summed E-state index contributed by atoms with van der Waals surface area (Å²) in [4.78, 5) is 38.1. The van der Waals surface area contributed by atoms with Crippen LogP contribution < -0.4 is 26.3 Å². The van der Waals surface area contributed by atoms with Gasteiger partial charge in [-0.2, -0.15) is 10.0 Å². The first kappa shape index (κ1) is 20.6. The minimum Gasteiger partial charge on any atom is -0.378 e. The minimum absolute atomic E-state index is 0.114. The summed E-state index contributed by atoms with van der Waals surface area (Å²) >= 11 is 0. The van der Waals surface area contributed by atoms with E-state index in [-0.39, 0.29) is 12.0 Å². The molecule has 12 heteroatoms. The monoisotopic (exact) mass is 441 g/mol. The number of ether oxygens (including phenoxy) is 1. The maximum Gasteiger partial charge on any atom is 0.431 e. The smallest absolute Gasteiger partial charge is 0.378 e. The average Bonchev–Trinajstić information content (AvgIpc) is 3.23. The van der Waals surface area contributed by atoms with Crippen molar-refractivity contribution in [1.29, 1.82) is 0 Å². The van der Waals surface area contributed by atoms with Gasteiger partial charge in [-0.05, 0) is 32.4 Å². The standard InChI is InChI=1S/C20H27N9O3/c21-18-23-11-13(12-24-18)16-15-3-6-29(32-20(30)25-14-1-4-22-5-2-14)17(15)27-19(26-16)28-7-9-31-10-8-28/h11-12,14,22H,1-10H2,(H,25,30)(H2,21,23,24). The number of nitrogens with zero attached hydrogens (tertiary/aromatic N) is 6. The van der Waals surface area contributed by atoms with Gasteiger partial charge < -0.3 is 30.8 Å². The van der Waals surface area contributed by atoms with Gasteiger partial charge in [0.25, 0.3) is 0 Å². The Balaban J connectivity index is 1.43. The average molecular weight is 441 g/mol. The van der Waals surface area contributed by atoms with Crippen molar-refractivity contribution in [3.05, 3.63) is 18.0 Å². The van der Waals surface area contributed by atoms with Gasteiger partial charge in [-0.15, -0.1) is 0 Å². The van der Waals surface area contributed by atoms with E-state index < -0.39 is 6.09 Å². The molecule has 170 valence electrons. The lowest BCUT2D eigenvalue weighted by Crippen LogP contribution is -2.44. The van der Waals surface area contributed by atoms with Crippen LogP contribution in [0.25, 0.3) is 11.3 Å². The fourth-order valence-corrected chi connectivity index (χ4v) is 4.17. The third-order valence-corrected chi connectivity index (χ3v) is 5.87. The highest BCUT2D eigenvalue weighted by Gasteiger charge is 2.31. The molecule has 2 fully saturated rings. The van der Waals surface area contributed by atoms with E-state index in [1.807, 2.05) is 0 Å². The molecule has 32 heavy (non-hydrogen) atoms. The number of anilines is 3. The molecule has 0 spiro atoms. The second-order valence-electron chi connectivity index (χ2n) is 8.00. The van der Waals surface area contributed by atoms with Gasteiger partial charge in [0.05, 0.1) is 25.5 Å². The van der Waals surface area contributed by atoms with Crippen LogP contribution in [0.3, 0.4) is 0 Å². The molecule has 0 atom stereocenters. The van der Waals surface area contributed by atoms with E-state index >= 15 is 0 Å². The van der Waals surface area contributed by atoms with E-state index in [1.165, 1.54) is 0 Å². The first-order valence-electron chi connectivity index (χ1n) is 11.0. The molecule has 2 saturated heterocycles. The zero-order chi connectivity index (χ0) is 21.9. The van der Waals surface area contributed by atoms with Crippen molar-refractivity contribution in [1.82, 2.24) is 30.6 Å². The summed E-state index contributed by atoms with van der Waals surface area (Å²) in [6, 6.07) is 0.114. The van der Waals surface area contributed by atoms with E-state index in [0.717, 1.165) is 42.8 Å². The molecule has 3 aliphatic rings. The molecular formula is C20H27N9O3. The highest BCUT2D eigenvalue weighted by Crippen LogP contribution is 2.35. The molecule has 2 aromatic heterocycles. The number of aromatic nitrogens is 4. The summed E-state index contributed by atoms with van der Waals surface area (Å²) in [6.45, 7) is 4.88. The van der Waals surface area contributed by atoms with Crippen molar-refractivity contribution in [2.75, 3.05) is 61.6 Å². The normalized spacial score (nSPS) is 19.0. The Morgan fingerprint density at radius 3 is 2.66 bits per heavy atom. The van der Waals surface area contributed by atoms with Gasteiger partial charge >= 0.3 is 6.09 Å². The van der Waals surface area contributed by atoms with Crippen molar-refractivity contribution >= 4 is 23.8 Å². The van der Waals surface area contributed by atoms with Crippen molar-refractivity contribution in [3.8, 4) is 11.3 Å². The van der Waals surface area contributed by atoms with Gasteiger partial charge in [0, 0.05) is 42.7 Å². The van der Waals surface area contributed by atoms with Gasteiger partial charge in [0.2, 0.25) is 11.9 Å². The van der Waals surface area contributed by atoms with Crippen molar-refractivity contribution in [3.63, 3.8) is 0 Å². The molecule has 0 bridgehead atoms. The quantitative estimate of drug-likeness (QED) is 0.594. The molecular weight excluding hydrogens is 414 g/mol. The third-order valence-electron chi connectivity index (χ3n) is 5.87. The molecule has 0 radical (unpaired) electrons. The van der Waals surface area contributed by atoms with Gasteiger partial charge in [-0.1, -0.05) is 0 Å². The number of rotatable bonds is 4. The highest BCUT2D eigenvalue weighted by molar-refractivity contribution is 5.74. The summed E-state index contributed by atoms with van der Waals surface area (Å²) in [7, 11) is 0. The van der Waals surface area contributed by atoms with Crippen molar-refractivity contribution < 1.29 is 14.4 Å². The van der Waals surface area contributed by atoms with Crippen molar-refractivity contribution in [2.45, 2.75) is 25.3 Å². The maximum absolute atomic E-state index is 12.6. The number of amides is 1. The fraction of sp³-hybridized carbons (Fsp3) is 0.550. The van der Waals surface area contributed by atoms with Crippen LogP contribution >= 0.6 is 0 Å². The molecule has 0 saturated carbocycles. The lowest BCUT2D eigenvalue weighted by molar-refractivity contribution is 0.122. The topological polar surface area (TPSA) is 144 Å². The number of carbonyl (C=O) groups is 1. The van der Waals surface area contributed by atoms with Crippen LogP contribution in [0.4, 0.5) is 22.5 Å². The second kappa shape index (κ2) is 9.09. The van der Waals surface area contributed by atoms with Crippen LogP contribution in [0.15, 0.2) is 12.4 Å². The summed E-state index contributed by atoms with van der Waals surface area (Å²) in [5, 5.41) is 7.80. The zero-order valence-electron chi connectivity index (χ0n) is 17.8. The number of piperidine rings is 1. The predicted molar refractivity (Wildman–Crippen MR) is 117 cm³/mol. The molecule has 0 unspecified atom stereocenters. The van der Waals surface area contributed by atoms with Gasteiger partial charge in [-0.25, -0.2) is 19.7 Å². The Bertz CT molecular complexity index is 960. The SMILES string of the molecule is Nc1ncc(-c2nc(N3CCOCC3)nc3c2CCN3OC(=O)NC2CCNCC2)cn1. The number of hydrogen-bond donors (Lipinski definition) is 3. The zero-order valence-corrected chi connectivity index (χ0v) is 17.8. The summed E-state index contributed by atoms with van der Waals surface area (Å²) in [5.74, 6) is 1.36. The van der Waals surface area contributed by atoms with E-state index in [1.54, 1.807) is 17.5 Å². The summed E-state index contributed by atoms with van der Waals surface area (Å²) < 4.78 is 5.46. The summed E-state index contributed by atoms with van der Waals surface area (Å²) in [5.41, 5.74) is 8.03. The molecule has 0 aliphatic carbocycles. The van der Waals surface area contributed by atoms with Crippen LogP contribution in [-0.4, -0.2) is 78.0 Å². The number of nitrogen functional groups attached to an aromatic ring is 1. The number of morpholine rings is 1. The van der Waals surface area contributed by atoms with E-state index in [0.29, 0.717) is 51.0 Å². The lowest BCUT2D eigenvalue weighted by Gasteiger charge is -2.28. The Kier molecular flexibility index (Phi) is 5.86. The Labute approximate surface area is 185 Å². The summed E-state index contributed by atoms with van der Waals surface area (Å²) in [6.07, 6.45) is 5.25. The number of nitrogens with one attached hydrogen (secondary N) is 2. The molecule has 0 aromatic carbocycles. The van der Waals surface area contributed by atoms with Gasteiger partial charge in [0.1, 0.15) is 0 Å². The number of carbonyl (C=O) groups excluding carboxylic acids is 1. The highest BCUT2D eigenvalue weighted by atomic mass is 16.7. The fourth-order valence-electron chi connectivity index (χ4n) is 4.17. The molecule has 4 N–H and O–H groups in total. The minimum atomic E-state index is -0.464. The lowest BCUT2D eigenvalue weighted by atomic mass is 10.1. The van der Waals surface area contributed by atoms with E-state index in [2.05, 4.69) is 25.5 Å². The van der Waals surface area contributed by atoms with Crippen LogP contribution in [-0.2, 0) is 16.0 Å². The Morgan fingerprint density at radius 1 is 1.16 bits per heavy atom. The molecule has 12 nitrogen and oxygen atoms in total. The first-order chi connectivity index (χ1) is 15.7. The van der Waals surface area contributed by atoms with E-state index in [9.17, 15) is 4.79 Å².